The second kappa shape index (κ2) is 7.75. The van der Waals surface area contributed by atoms with E-state index in [0.29, 0.717) is 17.3 Å². The van der Waals surface area contributed by atoms with Crippen LogP contribution in [0.2, 0.25) is 5.15 Å². The lowest BCUT2D eigenvalue weighted by molar-refractivity contribution is 0.0841. The summed E-state index contributed by atoms with van der Waals surface area (Å²) in [6, 6.07) is 11.6. The largest absolute Gasteiger partial charge is 0.390 e. The monoisotopic (exact) mass is 345 g/mol. The van der Waals surface area contributed by atoms with Crippen molar-refractivity contribution in [2.45, 2.75) is 19.1 Å². The summed E-state index contributed by atoms with van der Waals surface area (Å²) in [6.07, 6.45) is 1.80. The number of nitrogens with zero attached hydrogens (tertiary/aromatic N) is 2. The van der Waals surface area contributed by atoms with Crippen molar-refractivity contribution in [1.29, 1.82) is 0 Å². The zero-order valence-corrected chi connectivity index (χ0v) is 14.0. The van der Waals surface area contributed by atoms with Crippen molar-refractivity contribution >= 4 is 17.5 Å². The van der Waals surface area contributed by atoms with Gasteiger partial charge >= 0.3 is 0 Å². The molecule has 6 heteroatoms. The second-order valence-electron chi connectivity index (χ2n) is 5.99. The number of benzene rings is 1. The van der Waals surface area contributed by atoms with Crippen LogP contribution >= 0.6 is 11.6 Å². The van der Waals surface area contributed by atoms with E-state index in [-0.39, 0.29) is 12.5 Å². The summed E-state index contributed by atoms with van der Waals surface area (Å²) in [4.78, 5) is 18.1. The summed E-state index contributed by atoms with van der Waals surface area (Å²) in [5.41, 5.74) is 3.12. The molecule has 2 N–H and O–H groups in total. The molecule has 0 radical (unpaired) electrons. The predicted molar refractivity (Wildman–Crippen MR) is 93.0 cm³/mol. The van der Waals surface area contributed by atoms with Crippen molar-refractivity contribution in [2.75, 3.05) is 19.6 Å². The molecule has 3 rings (SSSR count). The number of rotatable bonds is 5. The number of aliphatic hydroxyl groups excluding tert-OH is 1. The van der Waals surface area contributed by atoms with Gasteiger partial charge < -0.3 is 10.4 Å². The van der Waals surface area contributed by atoms with E-state index < -0.39 is 6.10 Å². The molecular weight excluding hydrogens is 326 g/mol. The maximum absolute atomic E-state index is 12.0. The average molecular weight is 346 g/mol. The highest BCUT2D eigenvalue weighted by Crippen LogP contribution is 2.18. The van der Waals surface area contributed by atoms with Crippen molar-refractivity contribution in [1.82, 2.24) is 15.2 Å². The number of nitrogens with one attached hydrogen (secondary N) is 1. The Hall–Kier alpha value is -1.95. The fourth-order valence-corrected chi connectivity index (χ4v) is 3.01. The molecule has 5 nitrogen and oxygen atoms in total. The number of halogens is 1. The van der Waals surface area contributed by atoms with Crippen molar-refractivity contribution in [3.8, 4) is 0 Å². The normalized spacial score (nSPS) is 15.6. The lowest BCUT2D eigenvalue weighted by Crippen LogP contribution is -2.42. The standard InChI is InChI=1S/C18H20ClN3O2/c19-17-6-5-14(9-20-17)18(24)21-10-16(23)12-22-8-7-13-3-1-2-4-15(13)11-22/h1-6,9,16,23H,7-8,10-12H2,(H,21,24). The molecule has 1 amide bonds. The molecule has 24 heavy (non-hydrogen) atoms. The first-order valence-electron chi connectivity index (χ1n) is 7.99. The molecule has 2 heterocycles. The number of hydrogen-bond acceptors (Lipinski definition) is 4. The van der Waals surface area contributed by atoms with Gasteiger partial charge in [-0.05, 0) is 29.7 Å². The minimum Gasteiger partial charge on any atom is -0.390 e. The Morgan fingerprint density at radius 1 is 1.29 bits per heavy atom. The summed E-state index contributed by atoms with van der Waals surface area (Å²) < 4.78 is 0. The van der Waals surface area contributed by atoms with E-state index in [2.05, 4.69) is 33.4 Å². The van der Waals surface area contributed by atoms with Crippen LogP contribution < -0.4 is 5.32 Å². The second-order valence-corrected chi connectivity index (χ2v) is 6.37. The number of fused-ring (bicyclic) bond motifs is 1. The Labute approximate surface area is 146 Å². The maximum atomic E-state index is 12.0. The lowest BCUT2D eigenvalue weighted by Gasteiger charge is -2.30. The zero-order valence-electron chi connectivity index (χ0n) is 13.3. The third-order valence-corrected chi connectivity index (χ3v) is 4.39. The van der Waals surface area contributed by atoms with E-state index in [0.717, 1.165) is 19.5 Å². The van der Waals surface area contributed by atoms with Crippen LogP contribution in [0.3, 0.4) is 0 Å². The van der Waals surface area contributed by atoms with E-state index in [1.54, 1.807) is 12.1 Å². The van der Waals surface area contributed by atoms with E-state index in [9.17, 15) is 9.90 Å². The van der Waals surface area contributed by atoms with Gasteiger partial charge in [-0.3, -0.25) is 9.69 Å². The highest BCUT2D eigenvalue weighted by Gasteiger charge is 2.18. The molecule has 1 atom stereocenters. The van der Waals surface area contributed by atoms with Gasteiger partial charge in [-0.2, -0.15) is 0 Å². The number of hydrogen-bond donors (Lipinski definition) is 2. The number of aromatic nitrogens is 1. The van der Waals surface area contributed by atoms with Crippen molar-refractivity contribution < 1.29 is 9.90 Å². The highest BCUT2D eigenvalue weighted by atomic mass is 35.5. The number of amides is 1. The van der Waals surface area contributed by atoms with Gasteiger partial charge in [-0.25, -0.2) is 4.98 Å². The van der Waals surface area contributed by atoms with Crippen LogP contribution in [0.1, 0.15) is 21.5 Å². The Kier molecular flexibility index (Phi) is 5.45. The first-order valence-corrected chi connectivity index (χ1v) is 8.36. The number of carbonyl (C=O) groups is 1. The van der Waals surface area contributed by atoms with Gasteiger partial charge in [-0.1, -0.05) is 35.9 Å². The molecule has 1 aromatic carbocycles. The topological polar surface area (TPSA) is 65.5 Å². The quantitative estimate of drug-likeness (QED) is 0.812. The van der Waals surface area contributed by atoms with Gasteiger partial charge in [0, 0.05) is 32.4 Å². The van der Waals surface area contributed by atoms with Gasteiger partial charge in [0.15, 0.2) is 0 Å². The van der Waals surface area contributed by atoms with Gasteiger partial charge in [0.05, 0.1) is 11.7 Å². The van der Waals surface area contributed by atoms with Crippen molar-refractivity contribution in [2.24, 2.45) is 0 Å². The smallest absolute Gasteiger partial charge is 0.252 e. The van der Waals surface area contributed by atoms with Crippen LogP contribution in [0.4, 0.5) is 0 Å². The molecule has 0 fully saturated rings. The highest BCUT2D eigenvalue weighted by molar-refractivity contribution is 6.29. The molecule has 1 aliphatic rings. The third kappa shape index (κ3) is 4.32. The van der Waals surface area contributed by atoms with Crippen LogP contribution in [0.25, 0.3) is 0 Å². The number of β-amino-alcohol motifs (C(OH)–C–C–N with tert-alkyl or cyclic N) is 1. The summed E-state index contributed by atoms with van der Waals surface area (Å²) in [6.45, 7) is 2.50. The molecule has 0 aliphatic carbocycles. The molecule has 0 saturated heterocycles. The van der Waals surface area contributed by atoms with Crippen LogP contribution in [0.15, 0.2) is 42.6 Å². The van der Waals surface area contributed by atoms with E-state index in [1.165, 1.54) is 17.3 Å². The molecule has 126 valence electrons. The molecule has 1 aromatic heterocycles. The van der Waals surface area contributed by atoms with Gasteiger partial charge in [-0.15, -0.1) is 0 Å². The molecule has 1 aliphatic heterocycles. The van der Waals surface area contributed by atoms with Crippen LogP contribution in [-0.2, 0) is 13.0 Å². The van der Waals surface area contributed by atoms with Gasteiger partial charge in [0.25, 0.3) is 5.91 Å². The van der Waals surface area contributed by atoms with Gasteiger partial charge in [0.1, 0.15) is 5.15 Å². The molecule has 1 unspecified atom stereocenters. The fraction of sp³-hybridized carbons (Fsp3) is 0.333. The lowest BCUT2D eigenvalue weighted by atomic mass is 10.00. The van der Waals surface area contributed by atoms with E-state index in [1.807, 2.05) is 6.07 Å². The summed E-state index contributed by atoms with van der Waals surface area (Å²) in [5, 5.41) is 13.3. The first-order chi connectivity index (χ1) is 11.6. The van der Waals surface area contributed by atoms with Crippen molar-refractivity contribution in [3.05, 3.63) is 64.4 Å². The van der Waals surface area contributed by atoms with Crippen LogP contribution in [0, 0.1) is 0 Å². The predicted octanol–water partition coefficient (Wildman–Crippen LogP) is 1.88. The summed E-state index contributed by atoms with van der Waals surface area (Å²) >= 11 is 5.70. The summed E-state index contributed by atoms with van der Waals surface area (Å²) in [7, 11) is 0. The summed E-state index contributed by atoms with van der Waals surface area (Å²) in [5.74, 6) is -0.262. The van der Waals surface area contributed by atoms with Crippen LogP contribution in [0.5, 0.6) is 0 Å². The van der Waals surface area contributed by atoms with Gasteiger partial charge in [0.2, 0.25) is 0 Å². The minimum absolute atomic E-state index is 0.208. The Morgan fingerprint density at radius 3 is 2.83 bits per heavy atom. The molecular formula is C18H20ClN3O2. The maximum Gasteiger partial charge on any atom is 0.252 e. The molecule has 2 aromatic rings. The van der Waals surface area contributed by atoms with E-state index >= 15 is 0 Å². The Morgan fingerprint density at radius 2 is 2.08 bits per heavy atom. The average Bonchev–Trinajstić information content (AvgIpc) is 2.60. The number of pyridine rings is 1. The fourth-order valence-electron chi connectivity index (χ4n) is 2.90. The van der Waals surface area contributed by atoms with E-state index in [4.69, 9.17) is 11.6 Å². The Bertz CT molecular complexity index is 706. The first kappa shape index (κ1) is 16.9. The minimum atomic E-state index is -0.612. The SMILES string of the molecule is O=C(NCC(O)CN1CCc2ccccc2C1)c1ccc(Cl)nc1. The van der Waals surface area contributed by atoms with Crippen LogP contribution in [-0.4, -0.2) is 46.6 Å². The zero-order chi connectivity index (χ0) is 16.9. The molecule has 0 saturated carbocycles. The Balaban J connectivity index is 1.47. The number of aliphatic hydroxyl groups is 1. The van der Waals surface area contributed by atoms with Crippen molar-refractivity contribution in [3.63, 3.8) is 0 Å². The molecule has 0 bridgehead atoms. The molecule has 0 spiro atoms. The number of carbonyl (C=O) groups excluding carboxylic acids is 1. The third-order valence-electron chi connectivity index (χ3n) is 4.17.